The minimum absolute atomic E-state index is 0.286. The van der Waals surface area contributed by atoms with Crippen molar-refractivity contribution in [1.29, 1.82) is 0 Å². The largest absolute Gasteiger partial charge is 0.357 e. The number of nitrogens with zero attached hydrogens (tertiary/aromatic N) is 3. The van der Waals surface area contributed by atoms with E-state index < -0.39 is 10.0 Å². The summed E-state index contributed by atoms with van der Waals surface area (Å²) in [6.07, 6.45) is 0. The van der Waals surface area contributed by atoms with Crippen LogP contribution in [0.1, 0.15) is 23.6 Å². The molecule has 0 aliphatic rings. The summed E-state index contributed by atoms with van der Waals surface area (Å²) >= 11 is 0. The van der Waals surface area contributed by atoms with E-state index in [0.717, 1.165) is 24.6 Å². The van der Waals surface area contributed by atoms with Gasteiger partial charge in [0.15, 0.2) is 5.96 Å². The first kappa shape index (κ1) is 21.9. The fraction of sp³-hybridized carbons (Fsp3) is 0.381. The highest BCUT2D eigenvalue weighted by Crippen LogP contribution is 2.15. The van der Waals surface area contributed by atoms with E-state index in [9.17, 15) is 8.42 Å². The quantitative estimate of drug-likeness (QED) is 0.571. The first-order valence-corrected chi connectivity index (χ1v) is 10.7. The van der Waals surface area contributed by atoms with Gasteiger partial charge >= 0.3 is 0 Å². The predicted octanol–water partition coefficient (Wildman–Crippen LogP) is 2.84. The topological polar surface area (TPSA) is 65.0 Å². The van der Waals surface area contributed by atoms with Gasteiger partial charge in [0.05, 0.1) is 11.4 Å². The molecule has 0 heterocycles. The number of nitrogens with one attached hydrogen (secondary N) is 1. The van der Waals surface area contributed by atoms with Crippen LogP contribution in [0, 0.1) is 6.92 Å². The highest BCUT2D eigenvalue weighted by atomic mass is 32.2. The molecular weight excluding hydrogens is 372 g/mol. The molecule has 2 aromatic carbocycles. The minimum Gasteiger partial charge on any atom is -0.357 e. The number of aryl methyl sites for hydroxylation is 1. The maximum Gasteiger partial charge on any atom is 0.242 e. The zero-order chi connectivity index (χ0) is 20.7. The van der Waals surface area contributed by atoms with Gasteiger partial charge in [-0.05, 0) is 42.7 Å². The number of aliphatic imine (C=N–C) groups is 1. The fourth-order valence-corrected chi connectivity index (χ4v) is 3.63. The van der Waals surface area contributed by atoms with Crippen molar-refractivity contribution >= 4 is 16.0 Å². The molecule has 0 bridgehead atoms. The predicted molar refractivity (Wildman–Crippen MR) is 115 cm³/mol. The van der Waals surface area contributed by atoms with Crippen molar-refractivity contribution in [3.05, 3.63) is 65.2 Å². The Morgan fingerprint density at radius 1 is 1.04 bits per heavy atom. The zero-order valence-electron chi connectivity index (χ0n) is 17.3. The molecular formula is C21H30N4O2S. The summed E-state index contributed by atoms with van der Waals surface area (Å²) in [6.45, 7) is 6.16. The molecule has 0 radical (unpaired) electrons. The summed E-state index contributed by atoms with van der Waals surface area (Å²) in [4.78, 5) is 7.09. The summed E-state index contributed by atoms with van der Waals surface area (Å²) in [5.41, 5.74) is 3.47. The fourth-order valence-electron chi connectivity index (χ4n) is 2.73. The molecule has 0 unspecified atom stereocenters. The molecule has 1 N–H and O–H groups in total. The second kappa shape index (κ2) is 9.71. The van der Waals surface area contributed by atoms with Crippen molar-refractivity contribution in [1.82, 2.24) is 14.5 Å². The molecule has 0 fully saturated rings. The van der Waals surface area contributed by atoms with Crippen LogP contribution in [0.2, 0.25) is 0 Å². The van der Waals surface area contributed by atoms with Crippen LogP contribution in [0.5, 0.6) is 0 Å². The lowest BCUT2D eigenvalue weighted by Crippen LogP contribution is -2.38. The molecule has 2 rings (SSSR count). The molecule has 6 nitrogen and oxygen atoms in total. The second-order valence-electron chi connectivity index (χ2n) is 6.88. The molecule has 0 saturated heterocycles. The van der Waals surface area contributed by atoms with Gasteiger partial charge in [0.2, 0.25) is 10.0 Å². The smallest absolute Gasteiger partial charge is 0.242 e. The number of hydrogen-bond acceptors (Lipinski definition) is 3. The number of rotatable bonds is 7. The zero-order valence-corrected chi connectivity index (χ0v) is 18.1. The first-order valence-electron chi connectivity index (χ1n) is 9.31. The van der Waals surface area contributed by atoms with E-state index in [-0.39, 0.29) is 4.90 Å². The standard InChI is InChI=1S/C21H30N4O2S/c1-6-22-21(25(5)16-19-10-8-7-9-17(19)2)23-15-18-11-13-20(14-12-18)28(26,27)24(3)4/h7-14H,6,15-16H2,1-5H3,(H,22,23). The number of sulfonamides is 1. The molecule has 0 aliphatic carbocycles. The third-order valence-corrected chi connectivity index (χ3v) is 6.31. The Hall–Kier alpha value is -2.38. The number of hydrogen-bond donors (Lipinski definition) is 1. The molecule has 0 aliphatic heterocycles. The third-order valence-electron chi connectivity index (χ3n) is 4.48. The molecule has 2 aromatic rings. The van der Waals surface area contributed by atoms with E-state index in [0.29, 0.717) is 6.54 Å². The van der Waals surface area contributed by atoms with E-state index in [1.807, 2.05) is 38.2 Å². The Bertz CT molecular complexity index is 906. The van der Waals surface area contributed by atoms with E-state index in [1.54, 1.807) is 12.1 Å². The summed E-state index contributed by atoms with van der Waals surface area (Å²) in [5, 5.41) is 3.32. The Kier molecular flexibility index (Phi) is 7.60. The van der Waals surface area contributed by atoms with Gasteiger partial charge in [-0.1, -0.05) is 36.4 Å². The Morgan fingerprint density at radius 2 is 1.68 bits per heavy atom. The van der Waals surface area contributed by atoms with Gasteiger partial charge in [0, 0.05) is 34.2 Å². The van der Waals surface area contributed by atoms with E-state index in [2.05, 4.69) is 29.3 Å². The Balaban J connectivity index is 2.13. The van der Waals surface area contributed by atoms with Crippen LogP contribution in [0.4, 0.5) is 0 Å². The van der Waals surface area contributed by atoms with Gasteiger partial charge in [0.1, 0.15) is 0 Å². The molecule has 0 aromatic heterocycles. The highest BCUT2D eigenvalue weighted by molar-refractivity contribution is 7.89. The maximum atomic E-state index is 12.2. The van der Waals surface area contributed by atoms with Crippen LogP contribution in [-0.4, -0.2) is 51.3 Å². The van der Waals surface area contributed by atoms with Crippen molar-refractivity contribution in [2.75, 3.05) is 27.7 Å². The molecule has 0 spiro atoms. The lowest BCUT2D eigenvalue weighted by Gasteiger charge is -2.23. The van der Waals surface area contributed by atoms with Crippen molar-refractivity contribution in [3.63, 3.8) is 0 Å². The van der Waals surface area contributed by atoms with Crippen LogP contribution in [0.25, 0.3) is 0 Å². The SMILES string of the molecule is CCNC(=NCc1ccc(S(=O)(=O)N(C)C)cc1)N(C)Cc1ccccc1C. The van der Waals surface area contributed by atoms with Gasteiger partial charge in [-0.25, -0.2) is 17.7 Å². The van der Waals surface area contributed by atoms with Gasteiger partial charge in [-0.3, -0.25) is 0 Å². The Labute approximate surface area is 168 Å². The van der Waals surface area contributed by atoms with Crippen LogP contribution >= 0.6 is 0 Å². The van der Waals surface area contributed by atoms with Crippen LogP contribution in [0.15, 0.2) is 58.4 Å². The lowest BCUT2D eigenvalue weighted by molar-refractivity contribution is 0.475. The van der Waals surface area contributed by atoms with Crippen LogP contribution < -0.4 is 5.32 Å². The lowest BCUT2D eigenvalue weighted by atomic mass is 10.1. The molecule has 0 saturated carbocycles. The van der Waals surface area contributed by atoms with Gasteiger partial charge in [0.25, 0.3) is 0 Å². The number of benzene rings is 2. The van der Waals surface area contributed by atoms with Crippen LogP contribution in [0.3, 0.4) is 0 Å². The summed E-state index contributed by atoms with van der Waals surface area (Å²) < 4.78 is 25.5. The van der Waals surface area contributed by atoms with E-state index in [4.69, 9.17) is 4.99 Å². The normalized spacial score (nSPS) is 12.3. The first-order chi connectivity index (χ1) is 13.3. The van der Waals surface area contributed by atoms with E-state index >= 15 is 0 Å². The van der Waals surface area contributed by atoms with Gasteiger partial charge in [-0.15, -0.1) is 0 Å². The molecule has 0 atom stereocenters. The van der Waals surface area contributed by atoms with Crippen molar-refractivity contribution in [3.8, 4) is 0 Å². The van der Waals surface area contributed by atoms with Gasteiger partial charge in [-0.2, -0.15) is 0 Å². The average Bonchev–Trinajstić information content (AvgIpc) is 2.67. The molecule has 152 valence electrons. The third kappa shape index (κ3) is 5.56. The monoisotopic (exact) mass is 402 g/mol. The average molecular weight is 403 g/mol. The maximum absolute atomic E-state index is 12.2. The highest BCUT2D eigenvalue weighted by Gasteiger charge is 2.16. The second-order valence-corrected chi connectivity index (χ2v) is 9.04. The van der Waals surface area contributed by atoms with Crippen molar-refractivity contribution in [2.24, 2.45) is 4.99 Å². The van der Waals surface area contributed by atoms with Crippen molar-refractivity contribution in [2.45, 2.75) is 31.8 Å². The summed E-state index contributed by atoms with van der Waals surface area (Å²) in [7, 11) is 1.66. The Morgan fingerprint density at radius 3 is 2.25 bits per heavy atom. The van der Waals surface area contributed by atoms with Crippen LogP contribution in [-0.2, 0) is 23.1 Å². The van der Waals surface area contributed by atoms with Crippen molar-refractivity contribution < 1.29 is 8.42 Å². The van der Waals surface area contributed by atoms with E-state index in [1.165, 1.54) is 29.5 Å². The minimum atomic E-state index is -3.41. The van der Waals surface area contributed by atoms with Gasteiger partial charge < -0.3 is 10.2 Å². The molecule has 7 heteroatoms. The number of guanidine groups is 1. The molecule has 0 amide bonds. The summed E-state index contributed by atoms with van der Waals surface area (Å²) in [6, 6.07) is 15.2. The molecule has 28 heavy (non-hydrogen) atoms. The summed E-state index contributed by atoms with van der Waals surface area (Å²) in [5.74, 6) is 0.816.